The lowest BCUT2D eigenvalue weighted by molar-refractivity contribution is 0.0940. The molecular weight excluding hydrogens is 321 g/mol. The molecule has 1 aliphatic rings. The zero-order valence-electron chi connectivity index (χ0n) is 11.8. The fourth-order valence-electron chi connectivity index (χ4n) is 2.56. The molecule has 1 N–H and O–H groups in total. The van der Waals surface area contributed by atoms with Crippen LogP contribution in [-0.4, -0.2) is 30.0 Å². The molecule has 0 unspecified atom stereocenters. The zero-order valence-corrected chi connectivity index (χ0v) is 13.3. The van der Waals surface area contributed by atoms with Crippen LogP contribution in [0.2, 0.25) is 10.0 Å². The molecule has 1 aliphatic heterocycles. The predicted octanol–water partition coefficient (Wildman–Crippen LogP) is 3.40. The van der Waals surface area contributed by atoms with E-state index in [1.165, 1.54) is 0 Å². The number of aromatic nitrogens is 1. The fraction of sp³-hybridized carbons (Fsp3) is 0.250. The minimum absolute atomic E-state index is 0.0845. The summed E-state index contributed by atoms with van der Waals surface area (Å²) in [5, 5.41) is 3.90. The molecule has 1 saturated heterocycles. The van der Waals surface area contributed by atoms with E-state index in [0.717, 1.165) is 25.3 Å². The molecule has 6 heteroatoms. The van der Waals surface area contributed by atoms with Gasteiger partial charge in [-0.1, -0.05) is 29.3 Å². The van der Waals surface area contributed by atoms with Crippen LogP contribution in [0.15, 0.2) is 42.6 Å². The second-order valence-electron chi connectivity index (χ2n) is 5.22. The highest BCUT2D eigenvalue weighted by Crippen LogP contribution is 2.22. The summed E-state index contributed by atoms with van der Waals surface area (Å²) in [5.41, 5.74) is 0.447. The molecule has 0 aliphatic carbocycles. The molecule has 2 heterocycles. The lowest BCUT2D eigenvalue weighted by Gasteiger charge is -2.18. The number of nitrogens with zero attached hydrogens (tertiary/aromatic N) is 2. The van der Waals surface area contributed by atoms with E-state index in [4.69, 9.17) is 23.2 Å². The summed E-state index contributed by atoms with van der Waals surface area (Å²) in [5.74, 6) is 0.762. The molecule has 114 valence electrons. The third-order valence-electron chi connectivity index (χ3n) is 3.67. The second kappa shape index (κ2) is 6.55. The third-order valence-corrected chi connectivity index (χ3v) is 4.22. The molecule has 1 atom stereocenters. The van der Waals surface area contributed by atoms with Crippen molar-refractivity contribution in [3.63, 3.8) is 0 Å². The number of anilines is 1. The number of carbonyl (C=O) groups excluding carboxylic acids is 1. The largest absolute Gasteiger partial charge is 0.354 e. The minimum Gasteiger partial charge on any atom is -0.354 e. The van der Waals surface area contributed by atoms with E-state index in [0.29, 0.717) is 15.6 Å². The van der Waals surface area contributed by atoms with Crippen LogP contribution in [0.25, 0.3) is 0 Å². The second-order valence-corrected chi connectivity index (χ2v) is 6.06. The van der Waals surface area contributed by atoms with Crippen LogP contribution in [0.1, 0.15) is 16.8 Å². The number of benzene rings is 1. The van der Waals surface area contributed by atoms with Crippen molar-refractivity contribution in [1.82, 2.24) is 10.3 Å². The van der Waals surface area contributed by atoms with Crippen LogP contribution >= 0.6 is 23.2 Å². The van der Waals surface area contributed by atoms with Crippen molar-refractivity contribution in [1.29, 1.82) is 0 Å². The molecule has 1 fully saturated rings. The Morgan fingerprint density at radius 2 is 2.14 bits per heavy atom. The molecule has 0 spiro atoms. The maximum Gasteiger partial charge on any atom is 0.253 e. The van der Waals surface area contributed by atoms with Crippen molar-refractivity contribution in [2.45, 2.75) is 12.5 Å². The molecule has 1 aromatic carbocycles. The normalized spacial score (nSPS) is 17.5. The van der Waals surface area contributed by atoms with Gasteiger partial charge in [0.1, 0.15) is 5.82 Å². The summed E-state index contributed by atoms with van der Waals surface area (Å²) in [4.78, 5) is 18.8. The summed E-state index contributed by atoms with van der Waals surface area (Å²) in [6, 6.07) is 10.8. The maximum atomic E-state index is 12.3. The molecule has 0 saturated carbocycles. The van der Waals surface area contributed by atoms with E-state index >= 15 is 0 Å². The van der Waals surface area contributed by atoms with Crippen molar-refractivity contribution in [2.75, 3.05) is 18.0 Å². The van der Waals surface area contributed by atoms with Gasteiger partial charge in [-0.2, -0.15) is 0 Å². The Kier molecular flexibility index (Phi) is 4.50. The number of amides is 1. The molecule has 22 heavy (non-hydrogen) atoms. The Morgan fingerprint density at radius 1 is 1.27 bits per heavy atom. The fourth-order valence-corrected chi connectivity index (χ4v) is 3.06. The van der Waals surface area contributed by atoms with Crippen molar-refractivity contribution >= 4 is 34.9 Å². The highest BCUT2D eigenvalue weighted by molar-refractivity contribution is 6.36. The van der Waals surface area contributed by atoms with Gasteiger partial charge in [-0.3, -0.25) is 4.79 Å². The van der Waals surface area contributed by atoms with Gasteiger partial charge in [0.05, 0.1) is 10.6 Å². The predicted molar refractivity (Wildman–Crippen MR) is 88.8 cm³/mol. The number of rotatable bonds is 3. The van der Waals surface area contributed by atoms with Crippen LogP contribution in [0, 0.1) is 0 Å². The van der Waals surface area contributed by atoms with Crippen molar-refractivity contribution < 1.29 is 4.79 Å². The molecule has 2 aromatic rings. The molecule has 1 amide bonds. The Bertz CT molecular complexity index is 678. The number of nitrogens with one attached hydrogen (secondary N) is 1. The SMILES string of the molecule is O=C(N[C@@H]1CCN(c2ccccn2)C1)c1ccc(Cl)cc1Cl. The van der Waals surface area contributed by atoms with E-state index in [1.807, 2.05) is 18.2 Å². The highest BCUT2D eigenvalue weighted by Gasteiger charge is 2.25. The maximum absolute atomic E-state index is 12.3. The summed E-state index contributed by atoms with van der Waals surface area (Å²) in [7, 11) is 0. The molecule has 4 nitrogen and oxygen atoms in total. The monoisotopic (exact) mass is 335 g/mol. The van der Waals surface area contributed by atoms with Gasteiger partial charge >= 0.3 is 0 Å². The van der Waals surface area contributed by atoms with Crippen molar-refractivity contribution in [2.24, 2.45) is 0 Å². The molecule has 0 bridgehead atoms. The van der Waals surface area contributed by atoms with Crippen molar-refractivity contribution in [3.8, 4) is 0 Å². The minimum atomic E-state index is -0.172. The number of carbonyl (C=O) groups is 1. The number of pyridine rings is 1. The summed E-state index contributed by atoms with van der Waals surface area (Å²) < 4.78 is 0. The standard InChI is InChI=1S/C16H15Cl2N3O/c17-11-4-5-13(14(18)9-11)16(22)20-12-6-8-21(10-12)15-3-1-2-7-19-15/h1-5,7,9,12H,6,8,10H2,(H,20,22)/t12-/m1/s1. The average molecular weight is 336 g/mol. The quantitative estimate of drug-likeness (QED) is 0.934. The summed E-state index contributed by atoms with van der Waals surface area (Å²) >= 11 is 11.9. The first-order valence-electron chi connectivity index (χ1n) is 7.05. The van der Waals surface area contributed by atoms with Gasteiger partial charge in [0.15, 0.2) is 0 Å². The first kappa shape index (κ1) is 15.1. The van der Waals surface area contributed by atoms with E-state index < -0.39 is 0 Å². The molecule has 3 rings (SSSR count). The van der Waals surface area contributed by atoms with Gasteiger partial charge in [-0.25, -0.2) is 4.98 Å². The molecular formula is C16H15Cl2N3O. The van der Waals surface area contributed by atoms with Gasteiger partial charge in [-0.05, 0) is 36.8 Å². The first-order valence-corrected chi connectivity index (χ1v) is 7.81. The zero-order chi connectivity index (χ0) is 15.5. The Morgan fingerprint density at radius 3 is 2.86 bits per heavy atom. The Balaban J connectivity index is 1.64. The van der Waals surface area contributed by atoms with Crippen LogP contribution in [0.3, 0.4) is 0 Å². The third kappa shape index (κ3) is 3.34. The highest BCUT2D eigenvalue weighted by atomic mass is 35.5. The van der Waals surface area contributed by atoms with Crippen molar-refractivity contribution in [3.05, 3.63) is 58.2 Å². The number of hydrogen-bond donors (Lipinski definition) is 1. The van der Waals surface area contributed by atoms with Crippen LogP contribution in [0.4, 0.5) is 5.82 Å². The lowest BCUT2D eigenvalue weighted by atomic mass is 10.2. The Hall–Kier alpha value is -1.78. The van der Waals surface area contributed by atoms with Crippen LogP contribution in [0.5, 0.6) is 0 Å². The van der Waals surface area contributed by atoms with Crippen LogP contribution in [-0.2, 0) is 0 Å². The smallest absolute Gasteiger partial charge is 0.253 e. The number of halogens is 2. The van der Waals surface area contributed by atoms with E-state index in [2.05, 4.69) is 15.2 Å². The molecule has 0 radical (unpaired) electrons. The number of hydrogen-bond acceptors (Lipinski definition) is 3. The van der Waals surface area contributed by atoms with Gasteiger partial charge in [0, 0.05) is 30.4 Å². The topological polar surface area (TPSA) is 45.2 Å². The van der Waals surface area contributed by atoms with Gasteiger partial charge < -0.3 is 10.2 Å². The van der Waals surface area contributed by atoms with E-state index in [1.54, 1.807) is 24.4 Å². The van der Waals surface area contributed by atoms with Crippen LogP contribution < -0.4 is 10.2 Å². The first-order chi connectivity index (χ1) is 10.6. The molecule has 1 aromatic heterocycles. The van der Waals surface area contributed by atoms with Gasteiger partial charge in [0.25, 0.3) is 5.91 Å². The van der Waals surface area contributed by atoms with Gasteiger partial charge in [0.2, 0.25) is 0 Å². The average Bonchev–Trinajstić information content (AvgIpc) is 2.96. The van der Waals surface area contributed by atoms with Gasteiger partial charge in [-0.15, -0.1) is 0 Å². The van der Waals surface area contributed by atoms with E-state index in [-0.39, 0.29) is 11.9 Å². The summed E-state index contributed by atoms with van der Waals surface area (Å²) in [6.45, 7) is 1.62. The summed E-state index contributed by atoms with van der Waals surface area (Å²) in [6.07, 6.45) is 2.66. The Labute approximate surface area is 139 Å². The van der Waals surface area contributed by atoms with E-state index in [9.17, 15) is 4.79 Å². The lowest BCUT2D eigenvalue weighted by Crippen LogP contribution is -2.37.